The third-order valence-electron chi connectivity index (χ3n) is 4.34. The van der Waals surface area contributed by atoms with Crippen LogP contribution in [0.3, 0.4) is 0 Å². The number of methoxy groups -OCH3 is 1. The Kier molecular flexibility index (Phi) is 6.98. The van der Waals surface area contributed by atoms with E-state index < -0.39 is 0 Å². The standard InChI is InChI=1S/C22H26INO2/c1-22(2,3)17-10-8-16(9-11-17)21(25)14-19(23)20(24)13-15-6-5-7-18(12-15)26-4/h5-12,19,24H,13-14H2,1-4H3. The molecule has 2 aromatic rings. The molecular weight excluding hydrogens is 437 g/mol. The molecule has 4 heteroatoms. The van der Waals surface area contributed by atoms with Gasteiger partial charge in [0.1, 0.15) is 5.75 Å². The molecule has 2 aromatic carbocycles. The summed E-state index contributed by atoms with van der Waals surface area (Å²) in [6.07, 6.45) is 0.874. The Morgan fingerprint density at radius 2 is 1.81 bits per heavy atom. The summed E-state index contributed by atoms with van der Waals surface area (Å²) in [6, 6.07) is 15.6. The zero-order valence-electron chi connectivity index (χ0n) is 15.8. The number of hydrogen-bond acceptors (Lipinski definition) is 3. The molecule has 0 aliphatic rings. The summed E-state index contributed by atoms with van der Waals surface area (Å²) in [7, 11) is 1.63. The molecule has 0 fully saturated rings. The molecule has 138 valence electrons. The van der Waals surface area contributed by atoms with Gasteiger partial charge in [-0.15, -0.1) is 0 Å². The first-order valence-electron chi connectivity index (χ1n) is 8.69. The van der Waals surface area contributed by atoms with E-state index in [1.807, 2.05) is 48.5 Å². The van der Waals surface area contributed by atoms with Crippen LogP contribution in [-0.4, -0.2) is 22.5 Å². The van der Waals surface area contributed by atoms with E-state index in [1.165, 1.54) is 5.56 Å². The number of alkyl halides is 1. The summed E-state index contributed by atoms with van der Waals surface area (Å²) >= 11 is 2.20. The lowest BCUT2D eigenvalue weighted by Crippen LogP contribution is -2.20. The average Bonchev–Trinajstić information content (AvgIpc) is 2.61. The third kappa shape index (κ3) is 5.66. The third-order valence-corrected chi connectivity index (χ3v) is 5.54. The Hall–Kier alpha value is -1.69. The number of hydrogen-bond donors (Lipinski definition) is 1. The van der Waals surface area contributed by atoms with E-state index in [0.29, 0.717) is 24.1 Å². The minimum absolute atomic E-state index is 0.0756. The van der Waals surface area contributed by atoms with Crippen molar-refractivity contribution in [3.63, 3.8) is 0 Å². The maximum Gasteiger partial charge on any atom is 0.164 e. The van der Waals surface area contributed by atoms with Gasteiger partial charge < -0.3 is 10.1 Å². The zero-order valence-corrected chi connectivity index (χ0v) is 18.0. The van der Waals surface area contributed by atoms with E-state index in [1.54, 1.807) is 7.11 Å². The van der Waals surface area contributed by atoms with E-state index in [4.69, 9.17) is 10.1 Å². The van der Waals surface area contributed by atoms with Crippen LogP contribution in [0.25, 0.3) is 0 Å². The highest BCUT2D eigenvalue weighted by Crippen LogP contribution is 2.23. The first-order chi connectivity index (χ1) is 12.2. The van der Waals surface area contributed by atoms with Gasteiger partial charge in [0.25, 0.3) is 0 Å². The first kappa shape index (κ1) is 20.6. The Balaban J connectivity index is 1.98. The van der Waals surface area contributed by atoms with Gasteiger partial charge >= 0.3 is 0 Å². The van der Waals surface area contributed by atoms with Crippen molar-refractivity contribution in [2.45, 2.75) is 43.0 Å². The van der Waals surface area contributed by atoms with Crippen molar-refractivity contribution in [3.8, 4) is 5.75 Å². The van der Waals surface area contributed by atoms with E-state index in [2.05, 4.69) is 43.4 Å². The maximum absolute atomic E-state index is 12.6. The van der Waals surface area contributed by atoms with Crippen LogP contribution in [0.1, 0.15) is 48.7 Å². The molecule has 0 bridgehead atoms. The average molecular weight is 463 g/mol. The molecule has 0 saturated carbocycles. The molecule has 26 heavy (non-hydrogen) atoms. The van der Waals surface area contributed by atoms with Gasteiger partial charge in [0, 0.05) is 24.1 Å². The highest BCUT2D eigenvalue weighted by atomic mass is 127. The lowest BCUT2D eigenvalue weighted by molar-refractivity contribution is 0.0987. The molecule has 0 saturated heterocycles. The van der Waals surface area contributed by atoms with Gasteiger partial charge in [-0.2, -0.15) is 0 Å². The van der Waals surface area contributed by atoms with Crippen LogP contribution in [0.5, 0.6) is 5.75 Å². The number of nitrogens with one attached hydrogen (secondary N) is 1. The molecule has 0 spiro atoms. The molecule has 0 aromatic heterocycles. The van der Waals surface area contributed by atoms with Gasteiger partial charge in [-0.05, 0) is 28.7 Å². The van der Waals surface area contributed by atoms with Crippen LogP contribution in [0.4, 0.5) is 0 Å². The summed E-state index contributed by atoms with van der Waals surface area (Å²) in [6.45, 7) is 6.47. The molecule has 1 N–H and O–H groups in total. The Labute approximate surface area is 169 Å². The molecule has 0 heterocycles. The Morgan fingerprint density at radius 1 is 1.15 bits per heavy atom. The summed E-state index contributed by atoms with van der Waals surface area (Å²) in [5, 5.41) is 8.33. The van der Waals surface area contributed by atoms with Crippen LogP contribution in [0.2, 0.25) is 0 Å². The van der Waals surface area contributed by atoms with Gasteiger partial charge in [0.05, 0.1) is 11.0 Å². The minimum Gasteiger partial charge on any atom is -0.497 e. The van der Waals surface area contributed by atoms with Gasteiger partial charge in [0.2, 0.25) is 0 Å². The van der Waals surface area contributed by atoms with Crippen molar-refractivity contribution >= 4 is 34.1 Å². The summed E-state index contributed by atoms with van der Waals surface area (Å²) in [4.78, 5) is 12.6. The van der Waals surface area contributed by atoms with Crippen LogP contribution >= 0.6 is 22.6 Å². The topological polar surface area (TPSA) is 50.1 Å². The van der Waals surface area contributed by atoms with Crippen molar-refractivity contribution in [2.24, 2.45) is 0 Å². The largest absolute Gasteiger partial charge is 0.497 e. The zero-order chi connectivity index (χ0) is 19.3. The van der Waals surface area contributed by atoms with Gasteiger partial charge in [-0.3, -0.25) is 4.79 Å². The monoisotopic (exact) mass is 463 g/mol. The molecule has 3 nitrogen and oxygen atoms in total. The fourth-order valence-corrected chi connectivity index (χ4v) is 3.29. The SMILES string of the molecule is COc1cccc(CC(=N)C(I)CC(=O)c2ccc(C(C)(C)C)cc2)c1. The van der Waals surface area contributed by atoms with Crippen molar-refractivity contribution in [1.29, 1.82) is 5.41 Å². The number of carbonyl (C=O) groups is 1. The van der Waals surface area contributed by atoms with E-state index >= 15 is 0 Å². The van der Waals surface area contributed by atoms with Crippen molar-refractivity contribution in [1.82, 2.24) is 0 Å². The highest BCUT2D eigenvalue weighted by molar-refractivity contribution is 14.1. The molecule has 0 aliphatic carbocycles. The molecular formula is C22H26INO2. The van der Waals surface area contributed by atoms with Gasteiger partial charge in [0.15, 0.2) is 5.78 Å². The predicted octanol–water partition coefficient (Wildman–Crippen LogP) is 5.63. The molecule has 0 aliphatic heterocycles. The van der Waals surface area contributed by atoms with Crippen LogP contribution in [0.15, 0.2) is 48.5 Å². The lowest BCUT2D eigenvalue weighted by atomic mass is 9.86. The Bertz CT molecular complexity index is 775. The predicted molar refractivity (Wildman–Crippen MR) is 116 cm³/mol. The maximum atomic E-state index is 12.6. The molecule has 1 unspecified atom stereocenters. The lowest BCUT2D eigenvalue weighted by Gasteiger charge is -2.19. The van der Waals surface area contributed by atoms with Crippen LogP contribution in [-0.2, 0) is 11.8 Å². The summed E-state index contributed by atoms with van der Waals surface area (Å²) < 4.78 is 5.11. The number of Topliss-reactive ketones (excluding diaryl/α,β-unsaturated/α-hetero) is 1. The summed E-state index contributed by atoms with van der Waals surface area (Å²) in [5.41, 5.74) is 3.59. The van der Waals surface area contributed by atoms with Crippen molar-refractivity contribution in [2.75, 3.05) is 7.11 Å². The number of carbonyl (C=O) groups excluding carboxylic acids is 1. The van der Waals surface area contributed by atoms with E-state index in [-0.39, 0.29) is 15.1 Å². The summed E-state index contributed by atoms with van der Waals surface area (Å²) in [5.74, 6) is 0.871. The number of rotatable bonds is 7. The van der Waals surface area contributed by atoms with E-state index in [0.717, 1.165) is 11.3 Å². The molecule has 0 radical (unpaired) electrons. The van der Waals surface area contributed by atoms with Gasteiger partial charge in [-0.1, -0.05) is 79.8 Å². The highest BCUT2D eigenvalue weighted by Gasteiger charge is 2.19. The second-order valence-electron chi connectivity index (χ2n) is 7.48. The number of ketones is 1. The fraction of sp³-hybridized carbons (Fsp3) is 0.364. The van der Waals surface area contributed by atoms with Crippen LogP contribution < -0.4 is 4.74 Å². The van der Waals surface area contributed by atoms with Crippen molar-refractivity contribution in [3.05, 3.63) is 65.2 Å². The second kappa shape index (κ2) is 8.80. The first-order valence-corrected chi connectivity index (χ1v) is 9.93. The number of benzene rings is 2. The van der Waals surface area contributed by atoms with Gasteiger partial charge in [-0.25, -0.2) is 0 Å². The Morgan fingerprint density at radius 3 is 2.38 bits per heavy atom. The quantitative estimate of drug-likeness (QED) is 0.250. The second-order valence-corrected chi connectivity index (χ2v) is 8.98. The normalized spacial score (nSPS) is 12.5. The molecule has 0 amide bonds. The van der Waals surface area contributed by atoms with Crippen molar-refractivity contribution < 1.29 is 9.53 Å². The molecule has 1 atom stereocenters. The number of ether oxygens (including phenoxy) is 1. The fourth-order valence-electron chi connectivity index (χ4n) is 2.67. The minimum atomic E-state index is -0.117. The number of halogens is 1. The smallest absolute Gasteiger partial charge is 0.164 e. The molecule has 2 rings (SSSR count). The van der Waals surface area contributed by atoms with E-state index in [9.17, 15) is 4.79 Å². The van der Waals surface area contributed by atoms with Crippen LogP contribution in [0, 0.1) is 5.41 Å².